The van der Waals surface area contributed by atoms with Crippen molar-refractivity contribution in [2.45, 2.75) is 105 Å². The Hall–Kier alpha value is -4.47. The Morgan fingerprint density at radius 3 is 2.20 bits per heavy atom. The number of ether oxygens (including phenoxy) is 1. The van der Waals surface area contributed by atoms with E-state index >= 15 is 0 Å². The number of aryl methyl sites for hydroxylation is 1. The van der Waals surface area contributed by atoms with Gasteiger partial charge >= 0.3 is 21.1 Å². The molecule has 4 aromatic carbocycles. The summed E-state index contributed by atoms with van der Waals surface area (Å²) in [5.74, 6) is 3.13. The summed E-state index contributed by atoms with van der Waals surface area (Å²) in [4.78, 5) is 4.89. The van der Waals surface area contributed by atoms with Crippen LogP contribution in [0, 0.1) is 19.1 Å². The quantitative estimate of drug-likeness (QED) is 0.129. The summed E-state index contributed by atoms with van der Waals surface area (Å²) in [5, 5.41) is 7.65. The van der Waals surface area contributed by atoms with E-state index in [9.17, 15) is 0 Å². The van der Waals surface area contributed by atoms with Gasteiger partial charge in [-0.1, -0.05) is 117 Å². The molecule has 0 N–H and O–H groups in total. The molecule has 7 rings (SSSR count). The van der Waals surface area contributed by atoms with E-state index in [-0.39, 0.29) is 32.4 Å². The number of hydrogen-bond donors (Lipinski definition) is 0. The third-order valence-electron chi connectivity index (χ3n) is 10.8. The Bertz CT molecular complexity index is 2410. The van der Waals surface area contributed by atoms with Gasteiger partial charge < -0.3 is 9.30 Å². The molecular weight excluding hydrogens is 844 g/mol. The van der Waals surface area contributed by atoms with Gasteiger partial charge in [0, 0.05) is 34.7 Å². The van der Waals surface area contributed by atoms with E-state index in [1.807, 2.05) is 18.3 Å². The molecule has 0 saturated carbocycles. The van der Waals surface area contributed by atoms with Crippen molar-refractivity contribution in [2.24, 2.45) is 0 Å². The van der Waals surface area contributed by atoms with Gasteiger partial charge in [0.2, 0.25) is 0 Å². The van der Waals surface area contributed by atoms with Crippen molar-refractivity contribution in [3.05, 3.63) is 131 Å². The van der Waals surface area contributed by atoms with Crippen molar-refractivity contribution in [1.29, 1.82) is 0 Å². The van der Waals surface area contributed by atoms with Gasteiger partial charge in [0.15, 0.2) is 0 Å². The van der Waals surface area contributed by atoms with Crippen molar-refractivity contribution >= 4 is 21.8 Å². The Kier molecular flexibility index (Phi) is 11.4. The number of pyridine rings is 1. The summed E-state index contributed by atoms with van der Waals surface area (Å²) in [6.45, 7) is 22.4. The van der Waals surface area contributed by atoms with Crippen LogP contribution in [-0.2, 0) is 26.5 Å². The molecule has 7 aromatic rings. The van der Waals surface area contributed by atoms with Gasteiger partial charge in [-0.2, -0.15) is 16.7 Å². The number of hydrogen-bond acceptors (Lipinski definition) is 3. The molecule has 0 aliphatic carbocycles. The fraction of sp³-hybridized carbons (Fsp3) is 0.333. The van der Waals surface area contributed by atoms with Crippen molar-refractivity contribution < 1.29 is 25.8 Å². The Morgan fingerprint density at radius 2 is 1.52 bits per heavy atom. The average molecular weight is 896 g/mol. The Balaban J connectivity index is 0.00000497. The van der Waals surface area contributed by atoms with Crippen LogP contribution in [0.4, 0.5) is 0 Å². The number of aromatic nitrogens is 4. The zero-order valence-electron chi connectivity index (χ0n) is 33.3. The molecule has 0 aliphatic rings. The fourth-order valence-corrected chi connectivity index (χ4v) is 7.28. The molecule has 0 spiro atoms. The predicted octanol–water partition coefficient (Wildman–Crippen LogP) is 13.2. The maximum Gasteiger partial charge on any atom is 2.00 e. The largest absolute Gasteiger partial charge is 2.00 e. The summed E-state index contributed by atoms with van der Waals surface area (Å²) in [5.41, 5.74) is 11.3. The standard InChI is InChI=1S/C48H52N4O.Pt/c1-11-32(6)46-45(34-16-14-13-15-17-34)47(33(7)12-2)52(50-46)37-24-31(5)25-39(28-37)53-38-19-20-40-41-26-35(30(3)4)18-21-42(41)51(43(40)29-38)44-27-36(22-23-49-44)48(8,9)10;/h13-27,30,32-33H,11-12H2,1-10H3;/q-2;+2. The molecule has 0 aliphatic heterocycles. The van der Waals surface area contributed by atoms with Gasteiger partial charge in [-0.15, -0.1) is 35.7 Å². The number of nitrogens with zero attached hydrogens (tertiary/aromatic N) is 4. The predicted molar refractivity (Wildman–Crippen MR) is 220 cm³/mol. The first-order valence-electron chi connectivity index (χ1n) is 19.3. The van der Waals surface area contributed by atoms with Gasteiger partial charge in [-0.3, -0.25) is 4.68 Å². The van der Waals surface area contributed by atoms with Crippen LogP contribution in [0.15, 0.2) is 91.1 Å². The summed E-state index contributed by atoms with van der Waals surface area (Å²) < 4.78 is 11.0. The van der Waals surface area contributed by atoms with Crippen molar-refractivity contribution in [3.63, 3.8) is 0 Å². The van der Waals surface area contributed by atoms with E-state index in [4.69, 9.17) is 14.8 Å². The monoisotopic (exact) mass is 895 g/mol. The molecule has 6 heteroatoms. The van der Waals surface area contributed by atoms with Crippen LogP contribution >= 0.6 is 0 Å². The van der Waals surface area contributed by atoms with Crippen LogP contribution in [0.25, 0.3) is 44.4 Å². The van der Waals surface area contributed by atoms with Gasteiger partial charge in [0.1, 0.15) is 5.82 Å². The van der Waals surface area contributed by atoms with Crippen LogP contribution in [0.1, 0.15) is 121 Å². The van der Waals surface area contributed by atoms with Crippen molar-refractivity contribution in [1.82, 2.24) is 19.3 Å². The molecular formula is C48H52N4OPt. The molecule has 3 aromatic heterocycles. The zero-order chi connectivity index (χ0) is 37.6. The fourth-order valence-electron chi connectivity index (χ4n) is 7.28. The molecule has 54 heavy (non-hydrogen) atoms. The SMILES string of the molecule is CCC(C)c1nn(-c2[c-]c(Oc3[c-]c4c(cc3)c3cc(C(C)C)ccc3n4-c3cc(C(C)(C)C)ccn3)cc(C)c2)c(C(C)CC)c1-c1ccccc1.[Pt+2]. The summed E-state index contributed by atoms with van der Waals surface area (Å²) in [7, 11) is 0. The third kappa shape index (κ3) is 7.45. The van der Waals surface area contributed by atoms with Gasteiger partial charge in [-0.05, 0) is 76.1 Å². The Labute approximate surface area is 336 Å². The van der Waals surface area contributed by atoms with Crippen molar-refractivity contribution in [2.75, 3.05) is 0 Å². The molecule has 3 heterocycles. The van der Waals surface area contributed by atoms with Crippen LogP contribution in [-0.4, -0.2) is 19.3 Å². The summed E-state index contributed by atoms with van der Waals surface area (Å²) >= 11 is 0. The molecule has 2 unspecified atom stereocenters. The third-order valence-corrected chi connectivity index (χ3v) is 10.8. The van der Waals surface area contributed by atoms with E-state index in [2.05, 4.69) is 163 Å². The molecule has 0 radical (unpaired) electrons. The number of benzene rings is 4. The maximum absolute atomic E-state index is 6.69. The van der Waals surface area contributed by atoms with Crippen LogP contribution in [0.5, 0.6) is 11.5 Å². The molecule has 0 amide bonds. The number of fused-ring (bicyclic) bond motifs is 3. The van der Waals surface area contributed by atoms with E-state index in [1.54, 1.807) is 0 Å². The van der Waals surface area contributed by atoms with Gasteiger partial charge in [-0.25, -0.2) is 4.98 Å². The minimum atomic E-state index is -0.0154. The zero-order valence-corrected chi connectivity index (χ0v) is 35.6. The van der Waals surface area contributed by atoms with E-state index in [0.717, 1.165) is 52.0 Å². The van der Waals surface area contributed by atoms with E-state index < -0.39 is 0 Å². The minimum absolute atomic E-state index is 0. The molecule has 0 saturated heterocycles. The Morgan fingerprint density at radius 1 is 0.778 bits per heavy atom. The van der Waals surface area contributed by atoms with Gasteiger partial charge in [0.05, 0.1) is 11.4 Å². The second-order valence-electron chi connectivity index (χ2n) is 16.1. The second kappa shape index (κ2) is 15.7. The average Bonchev–Trinajstić information content (AvgIpc) is 3.70. The van der Waals surface area contributed by atoms with Crippen LogP contribution in [0.3, 0.4) is 0 Å². The molecule has 0 fully saturated rings. The van der Waals surface area contributed by atoms with Crippen LogP contribution < -0.4 is 4.74 Å². The number of rotatable bonds is 10. The first kappa shape index (κ1) is 39.2. The van der Waals surface area contributed by atoms with Crippen LogP contribution in [0.2, 0.25) is 0 Å². The summed E-state index contributed by atoms with van der Waals surface area (Å²) in [6.07, 6.45) is 3.92. The minimum Gasteiger partial charge on any atom is -0.509 e. The van der Waals surface area contributed by atoms with Gasteiger partial charge in [0.25, 0.3) is 0 Å². The first-order valence-corrected chi connectivity index (χ1v) is 19.3. The molecule has 5 nitrogen and oxygen atoms in total. The smallest absolute Gasteiger partial charge is 0.509 e. The molecule has 280 valence electrons. The molecule has 2 atom stereocenters. The maximum atomic E-state index is 6.69. The first-order chi connectivity index (χ1) is 25.4. The van der Waals surface area contributed by atoms with E-state index in [1.165, 1.54) is 33.3 Å². The second-order valence-corrected chi connectivity index (χ2v) is 16.1. The normalized spacial score (nSPS) is 13.0. The van der Waals surface area contributed by atoms with E-state index in [0.29, 0.717) is 23.3 Å². The van der Waals surface area contributed by atoms with Crippen molar-refractivity contribution in [3.8, 4) is 34.1 Å². The topological polar surface area (TPSA) is 44.9 Å². The molecule has 0 bridgehead atoms. The summed E-state index contributed by atoms with van der Waals surface area (Å²) in [6, 6.07) is 37.5.